The highest BCUT2D eigenvalue weighted by Gasteiger charge is 2.41. The smallest absolute Gasteiger partial charge is 0.267 e. The molecule has 0 aromatic heterocycles. The number of thiocarbonyl (C=S) groups is 1. The molecule has 0 bridgehead atoms. The van der Waals surface area contributed by atoms with E-state index in [0.29, 0.717) is 27.9 Å². The van der Waals surface area contributed by atoms with Gasteiger partial charge in [-0.2, -0.15) is 0 Å². The molecule has 2 heterocycles. The van der Waals surface area contributed by atoms with Gasteiger partial charge in [0.25, 0.3) is 11.8 Å². The van der Waals surface area contributed by atoms with Gasteiger partial charge in [0.05, 0.1) is 16.2 Å². The molecule has 7 heteroatoms. The molecular weight excluding hydrogens is 408 g/mol. The zero-order valence-electron chi connectivity index (χ0n) is 13.0. The highest BCUT2D eigenvalue weighted by molar-refractivity contribution is 9.10. The normalized spacial score (nSPS) is 20.2. The Morgan fingerprint density at radius 2 is 2.04 bits per heavy atom. The highest BCUT2D eigenvalue weighted by Crippen LogP contribution is 2.45. The SMILES string of the molecule is C=CCN1C(=O)C(=C2C(=O)N(CCC)c3ccc(Br)cc32)SC1=S. The van der Waals surface area contributed by atoms with E-state index in [0.717, 1.165) is 22.1 Å². The van der Waals surface area contributed by atoms with Gasteiger partial charge in [0.2, 0.25) is 0 Å². The molecule has 1 fully saturated rings. The molecule has 2 aliphatic rings. The fraction of sp³-hybridized carbons (Fsp3) is 0.235. The molecule has 2 amide bonds. The predicted octanol–water partition coefficient (Wildman–Crippen LogP) is 3.96. The van der Waals surface area contributed by atoms with Gasteiger partial charge in [-0.3, -0.25) is 14.5 Å². The summed E-state index contributed by atoms with van der Waals surface area (Å²) in [4.78, 5) is 29.3. The van der Waals surface area contributed by atoms with Gasteiger partial charge in [-0.1, -0.05) is 52.9 Å². The molecule has 3 rings (SSSR count). The Balaban J connectivity index is 2.16. The summed E-state index contributed by atoms with van der Waals surface area (Å²) in [5.41, 5.74) is 2.07. The van der Waals surface area contributed by atoms with Gasteiger partial charge >= 0.3 is 0 Å². The molecule has 0 atom stereocenters. The predicted molar refractivity (Wildman–Crippen MR) is 106 cm³/mol. The minimum Gasteiger partial charge on any atom is -0.308 e. The number of thioether (sulfide) groups is 1. The first-order valence-corrected chi connectivity index (χ1v) is 9.52. The van der Waals surface area contributed by atoms with Gasteiger partial charge in [-0.25, -0.2) is 0 Å². The molecule has 0 saturated carbocycles. The van der Waals surface area contributed by atoms with Crippen LogP contribution in [0, 0.1) is 0 Å². The standard InChI is InChI=1S/C17H15BrN2O2S2/c1-3-7-19-12-6-5-10(18)9-11(12)13(15(19)21)14-16(22)20(8-4-2)17(23)24-14/h4-6,9H,2-3,7-8H2,1H3. The fourth-order valence-electron chi connectivity index (χ4n) is 2.80. The van der Waals surface area contributed by atoms with E-state index in [4.69, 9.17) is 12.2 Å². The Bertz CT molecular complexity index is 804. The number of halogens is 1. The number of amides is 2. The van der Waals surface area contributed by atoms with Gasteiger partial charge in [0.15, 0.2) is 0 Å². The number of nitrogens with zero attached hydrogens (tertiary/aromatic N) is 2. The zero-order chi connectivity index (χ0) is 17.4. The lowest BCUT2D eigenvalue weighted by Crippen LogP contribution is -2.29. The van der Waals surface area contributed by atoms with Crippen LogP contribution in [-0.4, -0.2) is 34.1 Å². The maximum absolute atomic E-state index is 13.0. The van der Waals surface area contributed by atoms with Crippen LogP contribution < -0.4 is 4.90 Å². The second-order valence-corrected chi connectivity index (χ2v) is 7.95. The van der Waals surface area contributed by atoms with Gasteiger partial charge in [-0.05, 0) is 24.6 Å². The van der Waals surface area contributed by atoms with Crippen LogP contribution in [0.4, 0.5) is 5.69 Å². The highest BCUT2D eigenvalue weighted by atomic mass is 79.9. The number of carbonyl (C=O) groups is 2. The second kappa shape index (κ2) is 6.82. The Morgan fingerprint density at radius 1 is 1.29 bits per heavy atom. The van der Waals surface area contributed by atoms with Crippen molar-refractivity contribution in [3.8, 4) is 0 Å². The van der Waals surface area contributed by atoms with Crippen molar-refractivity contribution in [1.82, 2.24) is 4.90 Å². The Kier molecular flexibility index (Phi) is 4.94. The number of benzene rings is 1. The number of hydrogen-bond acceptors (Lipinski definition) is 4. The van der Waals surface area contributed by atoms with Gasteiger partial charge < -0.3 is 4.90 Å². The van der Waals surface area contributed by atoms with E-state index in [2.05, 4.69) is 22.5 Å². The quantitative estimate of drug-likeness (QED) is 0.418. The largest absolute Gasteiger partial charge is 0.308 e. The summed E-state index contributed by atoms with van der Waals surface area (Å²) in [5.74, 6) is -0.360. The average molecular weight is 423 g/mol. The number of anilines is 1. The van der Waals surface area contributed by atoms with Crippen LogP contribution in [0.15, 0.2) is 40.2 Å². The average Bonchev–Trinajstić information content (AvgIpc) is 2.96. The molecule has 0 spiro atoms. The van der Waals surface area contributed by atoms with Gasteiger partial charge in [0, 0.05) is 23.1 Å². The summed E-state index contributed by atoms with van der Waals surface area (Å²) < 4.78 is 1.33. The van der Waals surface area contributed by atoms with E-state index in [1.54, 1.807) is 11.0 Å². The van der Waals surface area contributed by atoms with Crippen molar-refractivity contribution in [2.24, 2.45) is 0 Å². The van der Waals surface area contributed by atoms with E-state index >= 15 is 0 Å². The second-order valence-electron chi connectivity index (χ2n) is 5.39. The van der Waals surface area contributed by atoms with E-state index in [1.807, 2.05) is 25.1 Å². The number of hydrogen-bond donors (Lipinski definition) is 0. The third kappa shape index (κ3) is 2.74. The van der Waals surface area contributed by atoms with Crippen molar-refractivity contribution < 1.29 is 9.59 Å². The molecule has 0 unspecified atom stereocenters. The van der Waals surface area contributed by atoms with Crippen molar-refractivity contribution in [1.29, 1.82) is 0 Å². The molecular formula is C17H15BrN2O2S2. The van der Waals surface area contributed by atoms with Crippen molar-refractivity contribution >= 4 is 67.3 Å². The minimum absolute atomic E-state index is 0.135. The Morgan fingerprint density at radius 3 is 2.71 bits per heavy atom. The molecule has 0 radical (unpaired) electrons. The molecule has 2 aliphatic heterocycles. The monoisotopic (exact) mass is 422 g/mol. The Hall–Kier alpha value is -1.44. The van der Waals surface area contributed by atoms with E-state index in [1.165, 1.54) is 16.7 Å². The third-order valence-electron chi connectivity index (χ3n) is 3.81. The third-order valence-corrected chi connectivity index (χ3v) is 5.75. The fourth-order valence-corrected chi connectivity index (χ4v) is 4.51. The maximum atomic E-state index is 13.0. The van der Waals surface area contributed by atoms with Crippen LogP contribution in [0.2, 0.25) is 0 Å². The molecule has 124 valence electrons. The molecule has 0 N–H and O–H groups in total. The van der Waals surface area contributed by atoms with Crippen LogP contribution in [0.3, 0.4) is 0 Å². The lowest BCUT2D eigenvalue weighted by molar-refractivity contribution is -0.122. The van der Waals surface area contributed by atoms with Crippen LogP contribution in [0.1, 0.15) is 18.9 Å². The number of fused-ring (bicyclic) bond motifs is 1. The summed E-state index contributed by atoms with van der Waals surface area (Å²) in [7, 11) is 0. The summed E-state index contributed by atoms with van der Waals surface area (Å²) >= 11 is 9.93. The van der Waals surface area contributed by atoms with Crippen molar-refractivity contribution in [3.63, 3.8) is 0 Å². The van der Waals surface area contributed by atoms with E-state index in [9.17, 15) is 9.59 Å². The van der Waals surface area contributed by atoms with Crippen LogP contribution in [0.25, 0.3) is 5.57 Å². The first kappa shape index (κ1) is 17.4. The zero-order valence-corrected chi connectivity index (χ0v) is 16.3. The van der Waals surface area contributed by atoms with E-state index < -0.39 is 0 Å². The summed E-state index contributed by atoms with van der Waals surface area (Å²) in [5, 5.41) is 0. The molecule has 4 nitrogen and oxygen atoms in total. The molecule has 24 heavy (non-hydrogen) atoms. The molecule has 0 aliphatic carbocycles. The van der Waals surface area contributed by atoms with Gasteiger partial charge in [0.1, 0.15) is 4.32 Å². The topological polar surface area (TPSA) is 40.6 Å². The summed E-state index contributed by atoms with van der Waals surface area (Å²) in [6, 6.07) is 5.70. The molecule has 1 aromatic carbocycles. The van der Waals surface area contributed by atoms with Gasteiger partial charge in [-0.15, -0.1) is 6.58 Å². The van der Waals surface area contributed by atoms with Crippen molar-refractivity contribution in [3.05, 3.63) is 45.8 Å². The van der Waals surface area contributed by atoms with Crippen molar-refractivity contribution in [2.75, 3.05) is 18.0 Å². The minimum atomic E-state index is -0.225. The first-order chi connectivity index (χ1) is 11.5. The Labute approximate surface area is 158 Å². The van der Waals surface area contributed by atoms with Crippen LogP contribution in [0.5, 0.6) is 0 Å². The number of carbonyl (C=O) groups excluding carboxylic acids is 2. The maximum Gasteiger partial charge on any atom is 0.267 e. The first-order valence-electron chi connectivity index (χ1n) is 7.50. The summed E-state index contributed by atoms with van der Waals surface area (Å²) in [6.45, 7) is 6.64. The van der Waals surface area contributed by atoms with E-state index in [-0.39, 0.29) is 11.8 Å². The number of rotatable bonds is 4. The van der Waals surface area contributed by atoms with Crippen LogP contribution >= 0.6 is 39.9 Å². The molecule has 1 saturated heterocycles. The lowest BCUT2D eigenvalue weighted by atomic mass is 10.1. The van der Waals surface area contributed by atoms with Crippen LogP contribution in [-0.2, 0) is 9.59 Å². The summed E-state index contributed by atoms with van der Waals surface area (Å²) in [6.07, 6.45) is 2.47. The van der Waals surface area contributed by atoms with Crippen molar-refractivity contribution in [2.45, 2.75) is 13.3 Å². The lowest BCUT2D eigenvalue weighted by Gasteiger charge is -2.15. The molecule has 1 aromatic rings.